The first-order valence-corrected chi connectivity index (χ1v) is 10.6. The first-order valence-electron chi connectivity index (χ1n) is 10.6. The maximum atomic E-state index is 13.2. The molecule has 0 heterocycles. The molecule has 1 fully saturated rings. The first-order chi connectivity index (χ1) is 13.4. The molecule has 1 N–H and O–H groups in total. The summed E-state index contributed by atoms with van der Waals surface area (Å²) >= 11 is 0. The Morgan fingerprint density at radius 3 is 2.54 bits per heavy atom. The van der Waals surface area contributed by atoms with Crippen LogP contribution in [0.5, 0.6) is 0 Å². The highest BCUT2D eigenvalue weighted by atomic mass is 16.5. The van der Waals surface area contributed by atoms with Crippen molar-refractivity contribution in [2.24, 2.45) is 5.41 Å². The number of nitrogens with one attached hydrogen (secondary N) is 1. The van der Waals surface area contributed by atoms with Gasteiger partial charge in [0.15, 0.2) is 0 Å². The highest BCUT2D eigenvalue weighted by Gasteiger charge is 2.49. The van der Waals surface area contributed by atoms with Gasteiger partial charge in [0.2, 0.25) is 0 Å². The quantitative estimate of drug-likeness (QED) is 0.627. The Hall–Kier alpha value is -1.88. The van der Waals surface area contributed by atoms with Crippen molar-refractivity contribution in [2.45, 2.75) is 84.4 Å². The highest BCUT2D eigenvalue weighted by Crippen LogP contribution is 2.43. The Balaban J connectivity index is 2.23. The van der Waals surface area contributed by atoms with Crippen LogP contribution in [0.2, 0.25) is 0 Å². The molecule has 2 rings (SSSR count). The van der Waals surface area contributed by atoms with Gasteiger partial charge in [0.25, 0.3) is 0 Å². The van der Waals surface area contributed by atoms with Crippen LogP contribution in [-0.4, -0.2) is 30.7 Å². The Morgan fingerprint density at radius 1 is 1.18 bits per heavy atom. The molecular formula is C23H35NO4. The van der Waals surface area contributed by atoms with Crippen molar-refractivity contribution in [1.29, 1.82) is 0 Å². The summed E-state index contributed by atoms with van der Waals surface area (Å²) in [6, 6.07) is 10.3. The molecule has 0 saturated heterocycles. The minimum Gasteiger partial charge on any atom is -0.466 e. The smallest absolute Gasteiger partial charge is 0.313 e. The molecular weight excluding hydrogens is 354 g/mol. The fourth-order valence-corrected chi connectivity index (χ4v) is 4.16. The van der Waals surface area contributed by atoms with Gasteiger partial charge in [-0.1, -0.05) is 43.2 Å². The minimum absolute atomic E-state index is 0.0304. The van der Waals surface area contributed by atoms with E-state index < -0.39 is 5.41 Å². The molecule has 0 bridgehead atoms. The molecule has 1 aliphatic rings. The van der Waals surface area contributed by atoms with Crippen LogP contribution >= 0.6 is 0 Å². The Kier molecular flexibility index (Phi) is 8.49. The van der Waals surface area contributed by atoms with Gasteiger partial charge in [0, 0.05) is 18.5 Å². The Labute approximate surface area is 169 Å². The van der Waals surface area contributed by atoms with E-state index in [1.807, 2.05) is 32.0 Å². The molecule has 0 aromatic heterocycles. The molecule has 1 aromatic carbocycles. The van der Waals surface area contributed by atoms with Crippen LogP contribution in [0, 0.1) is 5.41 Å². The number of carbonyl (C=O) groups excluding carboxylic acids is 2. The summed E-state index contributed by atoms with van der Waals surface area (Å²) in [5.41, 5.74) is 0.489. The van der Waals surface area contributed by atoms with Crippen molar-refractivity contribution < 1.29 is 19.1 Å². The van der Waals surface area contributed by atoms with Gasteiger partial charge in [-0.2, -0.15) is 0 Å². The fraction of sp³-hybridized carbons (Fsp3) is 0.652. The van der Waals surface area contributed by atoms with Crippen LogP contribution in [0.1, 0.15) is 77.8 Å². The molecule has 1 unspecified atom stereocenters. The molecule has 1 aromatic rings. The molecule has 3 atom stereocenters. The average molecular weight is 390 g/mol. The first kappa shape index (κ1) is 22.4. The number of carbonyl (C=O) groups is 2. The second-order valence-electron chi connectivity index (χ2n) is 8.01. The summed E-state index contributed by atoms with van der Waals surface area (Å²) in [6.07, 6.45) is 4.17. The van der Waals surface area contributed by atoms with Crippen molar-refractivity contribution in [3.05, 3.63) is 35.9 Å². The number of benzene rings is 1. The van der Waals surface area contributed by atoms with E-state index in [1.165, 1.54) is 5.56 Å². The lowest BCUT2D eigenvalue weighted by Gasteiger charge is -2.44. The average Bonchev–Trinajstić information content (AvgIpc) is 2.67. The highest BCUT2D eigenvalue weighted by molar-refractivity contribution is 5.79. The van der Waals surface area contributed by atoms with Gasteiger partial charge < -0.3 is 14.8 Å². The minimum atomic E-state index is -0.696. The van der Waals surface area contributed by atoms with Crippen LogP contribution in [0.25, 0.3) is 0 Å². The van der Waals surface area contributed by atoms with Crippen LogP contribution in [0.4, 0.5) is 0 Å². The van der Waals surface area contributed by atoms with E-state index in [9.17, 15) is 9.59 Å². The van der Waals surface area contributed by atoms with Gasteiger partial charge in [0.05, 0.1) is 18.1 Å². The van der Waals surface area contributed by atoms with Crippen LogP contribution < -0.4 is 5.32 Å². The maximum absolute atomic E-state index is 13.2. The monoisotopic (exact) mass is 389 g/mol. The standard InChI is InChI=1S/C23H35NO4/c1-5-27-21(25)14-16-23(22(26)28-17(2)3)15-10-9-13-20(23)24-18(4)19-11-7-6-8-12-19/h6-8,11-12,17-18,20,24H,5,9-10,13-16H2,1-4H3/t18?,20-,23+/m1/s1. The third kappa shape index (κ3) is 5.81. The van der Waals surface area contributed by atoms with Crippen molar-refractivity contribution in [3.63, 3.8) is 0 Å². The second-order valence-corrected chi connectivity index (χ2v) is 8.01. The Bertz CT molecular complexity index is 631. The predicted molar refractivity (Wildman–Crippen MR) is 110 cm³/mol. The van der Waals surface area contributed by atoms with E-state index in [-0.39, 0.29) is 36.5 Å². The molecule has 28 heavy (non-hydrogen) atoms. The molecule has 156 valence electrons. The molecule has 0 spiro atoms. The molecule has 0 amide bonds. The summed E-state index contributed by atoms with van der Waals surface area (Å²) in [5.74, 6) is -0.441. The van der Waals surface area contributed by atoms with E-state index in [0.717, 1.165) is 25.7 Å². The van der Waals surface area contributed by atoms with Gasteiger partial charge in [-0.05, 0) is 52.5 Å². The normalized spacial score (nSPS) is 23.2. The SMILES string of the molecule is CCOC(=O)CC[C@@]1(C(=O)OC(C)C)CCCC[C@H]1NC(C)c1ccccc1. The maximum Gasteiger partial charge on any atom is 0.313 e. The third-order valence-electron chi connectivity index (χ3n) is 5.61. The lowest BCUT2D eigenvalue weighted by Crippen LogP contribution is -2.54. The third-order valence-corrected chi connectivity index (χ3v) is 5.61. The molecule has 5 nitrogen and oxygen atoms in total. The van der Waals surface area contributed by atoms with Crippen LogP contribution in [0.3, 0.4) is 0 Å². The zero-order valence-electron chi connectivity index (χ0n) is 17.7. The van der Waals surface area contributed by atoms with Gasteiger partial charge >= 0.3 is 11.9 Å². The number of hydrogen-bond donors (Lipinski definition) is 1. The van der Waals surface area contributed by atoms with Crippen LogP contribution in [-0.2, 0) is 19.1 Å². The second kappa shape index (κ2) is 10.6. The molecule has 0 radical (unpaired) electrons. The molecule has 1 aliphatic carbocycles. The largest absolute Gasteiger partial charge is 0.466 e. The molecule has 5 heteroatoms. The van der Waals surface area contributed by atoms with Crippen molar-refractivity contribution in [3.8, 4) is 0 Å². The van der Waals surface area contributed by atoms with E-state index in [1.54, 1.807) is 6.92 Å². The predicted octanol–water partition coefficient (Wildman–Crippen LogP) is 4.56. The summed E-state index contributed by atoms with van der Waals surface area (Å²) in [5, 5.41) is 3.68. The zero-order valence-corrected chi connectivity index (χ0v) is 17.7. The fourth-order valence-electron chi connectivity index (χ4n) is 4.16. The van der Waals surface area contributed by atoms with Crippen molar-refractivity contribution in [2.75, 3.05) is 6.61 Å². The van der Waals surface area contributed by atoms with Gasteiger partial charge in [-0.25, -0.2) is 0 Å². The van der Waals surface area contributed by atoms with E-state index in [2.05, 4.69) is 24.4 Å². The number of rotatable bonds is 9. The number of ether oxygens (including phenoxy) is 2. The lowest BCUT2D eigenvalue weighted by molar-refractivity contribution is -0.166. The summed E-state index contributed by atoms with van der Waals surface area (Å²) in [6.45, 7) is 8.01. The van der Waals surface area contributed by atoms with E-state index in [4.69, 9.17) is 9.47 Å². The number of hydrogen-bond acceptors (Lipinski definition) is 5. The molecule has 0 aliphatic heterocycles. The van der Waals surface area contributed by atoms with Gasteiger partial charge in [0.1, 0.15) is 0 Å². The van der Waals surface area contributed by atoms with Gasteiger partial charge in [-0.3, -0.25) is 9.59 Å². The topological polar surface area (TPSA) is 64.6 Å². The summed E-state index contributed by atoms with van der Waals surface area (Å²) in [4.78, 5) is 25.2. The summed E-state index contributed by atoms with van der Waals surface area (Å²) < 4.78 is 10.8. The number of esters is 2. The van der Waals surface area contributed by atoms with Crippen molar-refractivity contribution in [1.82, 2.24) is 5.32 Å². The van der Waals surface area contributed by atoms with E-state index >= 15 is 0 Å². The van der Waals surface area contributed by atoms with Gasteiger partial charge in [-0.15, -0.1) is 0 Å². The summed E-state index contributed by atoms with van der Waals surface area (Å²) in [7, 11) is 0. The Morgan fingerprint density at radius 2 is 1.89 bits per heavy atom. The zero-order chi connectivity index (χ0) is 20.6. The van der Waals surface area contributed by atoms with E-state index in [0.29, 0.717) is 13.0 Å². The molecule has 1 saturated carbocycles. The van der Waals surface area contributed by atoms with Crippen LogP contribution in [0.15, 0.2) is 30.3 Å². The lowest BCUT2D eigenvalue weighted by atomic mass is 9.67. The van der Waals surface area contributed by atoms with Crippen molar-refractivity contribution >= 4 is 11.9 Å².